The zero-order chi connectivity index (χ0) is 12.8. The lowest BCUT2D eigenvalue weighted by Crippen LogP contribution is -2.27. The summed E-state index contributed by atoms with van der Waals surface area (Å²) in [5.74, 6) is 0.718. The lowest BCUT2D eigenvalue weighted by molar-refractivity contribution is 0.301. The molecule has 0 aliphatic rings. The van der Waals surface area contributed by atoms with Crippen molar-refractivity contribution in [1.29, 1.82) is 0 Å². The summed E-state index contributed by atoms with van der Waals surface area (Å²) in [5, 5.41) is 9.16. The molecule has 4 nitrogen and oxygen atoms in total. The Morgan fingerprint density at radius 1 is 1.11 bits per heavy atom. The van der Waals surface area contributed by atoms with E-state index in [-0.39, 0.29) is 6.61 Å². The van der Waals surface area contributed by atoms with Crippen LogP contribution in [-0.4, -0.2) is 23.2 Å². The first kappa shape index (κ1) is 12.4. The molecule has 0 bridgehead atoms. The Morgan fingerprint density at radius 3 is 2.56 bits per heavy atom. The zero-order valence-corrected chi connectivity index (χ0v) is 10.2. The first-order valence-electron chi connectivity index (χ1n) is 5.91. The molecule has 0 radical (unpaired) electrons. The maximum absolute atomic E-state index is 9.16. The van der Waals surface area contributed by atoms with E-state index >= 15 is 0 Å². The van der Waals surface area contributed by atoms with E-state index in [4.69, 9.17) is 10.8 Å². The van der Waals surface area contributed by atoms with Gasteiger partial charge in [-0.2, -0.15) is 0 Å². The van der Waals surface area contributed by atoms with Gasteiger partial charge in [0.2, 0.25) is 0 Å². The van der Waals surface area contributed by atoms with Crippen molar-refractivity contribution in [3.63, 3.8) is 0 Å². The van der Waals surface area contributed by atoms with E-state index in [1.807, 2.05) is 41.3 Å². The second-order valence-corrected chi connectivity index (χ2v) is 4.05. The number of benzene rings is 1. The van der Waals surface area contributed by atoms with Crippen molar-refractivity contribution >= 4 is 11.5 Å². The summed E-state index contributed by atoms with van der Waals surface area (Å²) >= 11 is 0. The Balaban J connectivity index is 2.21. The standard InChI is InChI=1S/C14H17N3O/c15-13-7-4-8-16-14(13)17(9-10-18)11-12-5-2-1-3-6-12/h1-8,18H,9-11,15H2. The van der Waals surface area contributed by atoms with E-state index in [0.717, 1.165) is 11.4 Å². The van der Waals surface area contributed by atoms with Crippen molar-refractivity contribution in [1.82, 2.24) is 4.98 Å². The lowest BCUT2D eigenvalue weighted by atomic mass is 10.2. The molecule has 3 N–H and O–H groups in total. The van der Waals surface area contributed by atoms with E-state index in [9.17, 15) is 0 Å². The highest BCUT2D eigenvalue weighted by atomic mass is 16.3. The molecule has 0 atom stereocenters. The van der Waals surface area contributed by atoms with E-state index in [2.05, 4.69) is 4.98 Å². The van der Waals surface area contributed by atoms with Gasteiger partial charge in [-0.05, 0) is 17.7 Å². The van der Waals surface area contributed by atoms with Crippen LogP contribution in [0.4, 0.5) is 11.5 Å². The van der Waals surface area contributed by atoms with Gasteiger partial charge < -0.3 is 15.7 Å². The Labute approximate surface area is 107 Å². The van der Waals surface area contributed by atoms with Gasteiger partial charge in [-0.3, -0.25) is 0 Å². The number of hydrogen-bond donors (Lipinski definition) is 2. The highest BCUT2D eigenvalue weighted by Crippen LogP contribution is 2.20. The molecule has 94 valence electrons. The van der Waals surface area contributed by atoms with Crippen molar-refractivity contribution in [3.05, 3.63) is 54.2 Å². The highest BCUT2D eigenvalue weighted by molar-refractivity contribution is 5.62. The van der Waals surface area contributed by atoms with Crippen LogP contribution in [0.25, 0.3) is 0 Å². The molecule has 0 aliphatic carbocycles. The van der Waals surface area contributed by atoms with Crippen LogP contribution in [0, 0.1) is 0 Å². The molecule has 0 spiro atoms. The Morgan fingerprint density at radius 2 is 1.89 bits per heavy atom. The fourth-order valence-corrected chi connectivity index (χ4v) is 1.86. The first-order valence-corrected chi connectivity index (χ1v) is 5.91. The number of hydrogen-bond acceptors (Lipinski definition) is 4. The second kappa shape index (κ2) is 6.02. The summed E-state index contributed by atoms with van der Waals surface area (Å²) in [6, 6.07) is 13.7. The van der Waals surface area contributed by atoms with E-state index in [1.165, 1.54) is 0 Å². The van der Waals surface area contributed by atoms with E-state index in [1.54, 1.807) is 12.3 Å². The fourth-order valence-electron chi connectivity index (χ4n) is 1.86. The molecular formula is C14H17N3O. The predicted octanol–water partition coefficient (Wildman–Crippen LogP) is 1.66. The number of nitrogens with zero attached hydrogens (tertiary/aromatic N) is 2. The summed E-state index contributed by atoms with van der Waals surface area (Å²) in [6.07, 6.45) is 1.71. The van der Waals surface area contributed by atoms with E-state index < -0.39 is 0 Å². The third-order valence-corrected chi connectivity index (χ3v) is 2.70. The summed E-state index contributed by atoms with van der Waals surface area (Å²) in [7, 11) is 0. The number of rotatable bonds is 5. The van der Waals surface area contributed by atoms with Gasteiger partial charge in [0, 0.05) is 19.3 Å². The van der Waals surface area contributed by atoms with Crippen LogP contribution in [0.3, 0.4) is 0 Å². The molecular weight excluding hydrogens is 226 g/mol. The third kappa shape index (κ3) is 2.99. The summed E-state index contributed by atoms with van der Waals surface area (Å²) in [4.78, 5) is 6.26. The van der Waals surface area contributed by atoms with Gasteiger partial charge >= 0.3 is 0 Å². The second-order valence-electron chi connectivity index (χ2n) is 4.05. The quantitative estimate of drug-likeness (QED) is 0.838. The summed E-state index contributed by atoms with van der Waals surface area (Å²) < 4.78 is 0. The Hall–Kier alpha value is -2.07. The molecule has 0 unspecified atom stereocenters. The number of aliphatic hydroxyl groups is 1. The molecule has 0 aliphatic heterocycles. The van der Waals surface area contributed by atoms with Crippen molar-refractivity contribution in [2.75, 3.05) is 23.8 Å². The number of anilines is 2. The largest absolute Gasteiger partial charge is 0.396 e. The average Bonchev–Trinajstić information content (AvgIpc) is 2.40. The van der Waals surface area contributed by atoms with Gasteiger partial charge in [-0.1, -0.05) is 30.3 Å². The molecule has 4 heteroatoms. The van der Waals surface area contributed by atoms with Crippen LogP contribution in [0.5, 0.6) is 0 Å². The van der Waals surface area contributed by atoms with Crippen LogP contribution >= 0.6 is 0 Å². The molecule has 0 saturated heterocycles. The molecule has 0 fully saturated rings. The molecule has 1 aromatic carbocycles. The summed E-state index contributed by atoms with van der Waals surface area (Å²) in [5.41, 5.74) is 7.71. The van der Waals surface area contributed by atoms with Gasteiger partial charge in [-0.15, -0.1) is 0 Å². The third-order valence-electron chi connectivity index (χ3n) is 2.70. The van der Waals surface area contributed by atoms with Gasteiger partial charge in [0.05, 0.1) is 12.3 Å². The van der Waals surface area contributed by atoms with Gasteiger partial charge in [0.15, 0.2) is 5.82 Å². The van der Waals surface area contributed by atoms with Crippen molar-refractivity contribution < 1.29 is 5.11 Å². The normalized spacial score (nSPS) is 10.3. The fraction of sp³-hybridized carbons (Fsp3) is 0.214. The highest BCUT2D eigenvalue weighted by Gasteiger charge is 2.10. The summed E-state index contributed by atoms with van der Waals surface area (Å²) in [6.45, 7) is 1.27. The minimum atomic E-state index is 0.0723. The van der Waals surface area contributed by atoms with Gasteiger partial charge in [0.1, 0.15) is 0 Å². The molecule has 1 heterocycles. The predicted molar refractivity (Wildman–Crippen MR) is 73.2 cm³/mol. The van der Waals surface area contributed by atoms with Crippen molar-refractivity contribution in [3.8, 4) is 0 Å². The zero-order valence-electron chi connectivity index (χ0n) is 10.2. The Kier molecular flexibility index (Phi) is 4.15. The van der Waals surface area contributed by atoms with Crippen LogP contribution < -0.4 is 10.6 Å². The first-order chi connectivity index (χ1) is 8.81. The SMILES string of the molecule is Nc1cccnc1N(CCO)Cc1ccccc1. The van der Waals surface area contributed by atoms with Gasteiger partial charge in [0.25, 0.3) is 0 Å². The molecule has 18 heavy (non-hydrogen) atoms. The molecule has 0 saturated carbocycles. The van der Waals surface area contributed by atoms with E-state index in [0.29, 0.717) is 18.8 Å². The van der Waals surface area contributed by atoms with Gasteiger partial charge in [-0.25, -0.2) is 4.98 Å². The van der Waals surface area contributed by atoms with Crippen LogP contribution in [0.15, 0.2) is 48.7 Å². The molecule has 2 rings (SSSR count). The number of pyridine rings is 1. The average molecular weight is 243 g/mol. The van der Waals surface area contributed by atoms with Crippen LogP contribution in [0.2, 0.25) is 0 Å². The van der Waals surface area contributed by atoms with Crippen LogP contribution in [-0.2, 0) is 6.54 Å². The minimum Gasteiger partial charge on any atom is -0.396 e. The molecule has 1 aromatic heterocycles. The maximum Gasteiger partial charge on any atom is 0.152 e. The Bertz CT molecular complexity index is 487. The number of aromatic nitrogens is 1. The number of aliphatic hydroxyl groups excluding tert-OH is 1. The molecule has 2 aromatic rings. The number of nitrogen functional groups attached to an aromatic ring is 1. The smallest absolute Gasteiger partial charge is 0.152 e. The van der Waals surface area contributed by atoms with Crippen molar-refractivity contribution in [2.45, 2.75) is 6.54 Å². The number of nitrogens with two attached hydrogens (primary N) is 1. The minimum absolute atomic E-state index is 0.0723. The molecule has 0 amide bonds. The van der Waals surface area contributed by atoms with Crippen molar-refractivity contribution in [2.24, 2.45) is 0 Å². The lowest BCUT2D eigenvalue weighted by Gasteiger charge is -2.24. The van der Waals surface area contributed by atoms with Crippen LogP contribution in [0.1, 0.15) is 5.56 Å². The topological polar surface area (TPSA) is 62.4 Å². The monoisotopic (exact) mass is 243 g/mol. The maximum atomic E-state index is 9.16.